The molecule has 0 bridgehead atoms. The molecule has 0 aromatic rings. The Hall–Kier alpha value is -2.20. The molecule has 0 aliphatic carbocycles. The van der Waals surface area contributed by atoms with Crippen LogP contribution in [-0.2, 0) is 19.2 Å². The van der Waals surface area contributed by atoms with Crippen LogP contribution in [-0.4, -0.2) is 62.9 Å². The van der Waals surface area contributed by atoms with E-state index in [4.69, 9.17) is 26.2 Å². The van der Waals surface area contributed by atoms with Gasteiger partial charge in [0, 0.05) is 11.5 Å². The van der Waals surface area contributed by atoms with Crippen molar-refractivity contribution in [2.75, 3.05) is 13.1 Å². The Bertz CT molecular complexity index is 406. The second kappa shape index (κ2) is 8.17. The summed E-state index contributed by atoms with van der Waals surface area (Å²) in [4.78, 5) is 43.4. The van der Waals surface area contributed by atoms with Crippen LogP contribution in [0.2, 0.25) is 0 Å². The molecule has 0 spiro atoms. The number of nitrogens with two attached hydrogens (primary N) is 1. The van der Waals surface area contributed by atoms with Crippen LogP contribution in [0.25, 0.3) is 0 Å². The molecule has 7 N–H and O–H groups in total. The lowest BCUT2D eigenvalue weighted by Gasteiger charge is -2.38. The lowest BCUT2D eigenvalue weighted by atomic mass is 9.76. The van der Waals surface area contributed by atoms with Gasteiger partial charge >= 0.3 is 23.9 Å². The molecule has 1 atom stereocenters. The van der Waals surface area contributed by atoms with E-state index in [0.717, 1.165) is 0 Å². The summed E-state index contributed by atoms with van der Waals surface area (Å²) in [6.07, 6.45) is -2.10. The molecule has 21 heavy (non-hydrogen) atoms. The number of hydrogen-bond donors (Lipinski definition) is 6. The predicted molar refractivity (Wildman–Crippen MR) is 67.7 cm³/mol. The van der Waals surface area contributed by atoms with Crippen molar-refractivity contribution in [2.24, 2.45) is 11.7 Å². The highest BCUT2D eigenvalue weighted by atomic mass is 16.4. The molecule has 10 nitrogen and oxygen atoms in total. The van der Waals surface area contributed by atoms with Crippen molar-refractivity contribution in [2.45, 2.75) is 24.8 Å². The number of rotatable bonds is 11. The maximum atomic E-state index is 11.0. The molecule has 0 fully saturated rings. The fourth-order valence-corrected chi connectivity index (χ4v) is 2.13. The summed E-state index contributed by atoms with van der Waals surface area (Å²) in [7, 11) is 0. The number of hydrogen-bond acceptors (Lipinski definition) is 6. The normalized spacial score (nSPS) is 12.6. The van der Waals surface area contributed by atoms with Crippen LogP contribution < -0.4 is 11.1 Å². The summed E-state index contributed by atoms with van der Waals surface area (Å²) in [5.74, 6) is -6.46. The quantitative estimate of drug-likeness (QED) is 0.259. The maximum Gasteiger partial charge on any atom is 0.317 e. The molecule has 0 amide bonds. The average Bonchev–Trinajstić information content (AvgIpc) is 2.31. The Morgan fingerprint density at radius 1 is 0.905 bits per heavy atom. The molecule has 0 aliphatic heterocycles. The molecule has 0 saturated heterocycles. The summed E-state index contributed by atoms with van der Waals surface area (Å²) in [5.41, 5.74) is 3.67. The molecule has 0 radical (unpaired) electrons. The van der Waals surface area contributed by atoms with Crippen LogP contribution in [0.15, 0.2) is 0 Å². The number of carboxylic acid groups (broad SMARTS) is 4. The van der Waals surface area contributed by atoms with Gasteiger partial charge in [0.2, 0.25) is 0 Å². The third-order valence-corrected chi connectivity index (χ3v) is 3.01. The second-order valence-corrected chi connectivity index (χ2v) is 4.57. The third kappa shape index (κ3) is 6.68. The predicted octanol–water partition coefficient (Wildman–Crippen LogP) is -1.60. The fraction of sp³-hybridized carbons (Fsp3) is 0.636. The Morgan fingerprint density at radius 2 is 1.38 bits per heavy atom. The van der Waals surface area contributed by atoms with E-state index in [1.165, 1.54) is 0 Å². The van der Waals surface area contributed by atoms with Crippen molar-refractivity contribution in [1.82, 2.24) is 5.32 Å². The highest BCUT2D eigenvalue weighted by Gasteiger charge is 2.43. The first-order valence-electron chi connectivity index (χ1n) is 5.95. The van der Waals surface area contributed by atoms with Crippen molar-refractivity contribution in [3.05, 3.63) is 0 Å². The summed E-state index contributed by atoms with van der Waals surface area (Å²) in [6, 6.07) is 0. The molecule has 0 heterocycles. The van der Waals surface area contributed by atoms with Crippen molar-refractivity contribution in [1.29, 1.82) is 0 Å². The van der Waals surface area contributed by atoms with E-state index in [9.17, 15) is 19.2 Å². The van der Waals surface area contributed by atoms with Gasteiger partial charge < -0.3 is 26.2 Å². The summed E-state index contributed by atoms with van der Waals surface area (Å²) in [5, 5.41) is 37.7. The zero-order valence-electron chi connectivity index (χ0n) is 11.1. The molecular weight excluding hydrogens is 288 g/mol. The zero-order chi connectivity index (χ0) is 16.6. The molecule has 1 unspecified atom stereocenters. The zero-order valence-corrected chi connectivity index (χ0v) is 11.1. The molecular formula is C11H18N2O8. The lowest BCUT2D eigenvalue weighted by Crippen LogP contribution is -2.57. The minimum absolute atomic E-state index is 0.306. The van der Waals surface area contributed by atoms with Crippen LogP contribution in [0.3, 0.4) is 0 Å². The topological polar surface area (TPSA) is 187 Å². The SMILES string of the molecule is NCC(CC(=O)O)C(CC(=O)O)(CC(=O)O)NCC(=O)O. The number of carbonyl (C=O) groups is 4. The van der Waals surface area contributed by atoms with Gasteiger partial charge in [0.1, 0.15) is 0 Å². The van der Waals surface area contributed by atoms with E-state index in [0.29, 0.717) is 0 Å². The smallest absolute Gasteiger partial charge is 0.317 e. The number of nitrogens with one attached hydrogen (secondary N) is 1. The van der Waals surface area contributed by atoms with Crippen molar-refractivity contribution < 1.29 is 39.6 Å². The Morgan fingerprint density at radius 3 is 1.67 bits per heavy atom. The van der Waals surface area contributed by atoms with E-state index in [1.807, 2.05) is 0 Å². The highest BCUT2D eigenvalue weighted by Crippen LogP contribution is 2.28. The van der Waals surface area contributed by atoms with Gasteiger partial charge in [0.25, 0.3) is 0 Å². The minimum Gasteiger partial charge on any atom is -0.481 e. The van der Waals surface area contributed by atoms with Gasteiger partial charge in [-0.1, -0.05) is 0 Å². The van der Waals surface area contributed by atoms with Gasteiger partial charge in [-0.3, -0.25) is 24.5 Å². The third-order valence-electron chi connectivity index (χ3n) is 3.01. The maximum absolute atomic E-state index is 11.0. The van der Waals surface area contributed by atoms with Crippen LogP contribution in [0.1, 0.15) is 19.3 Å². The standard InChI is InChI=1S/C11H18N2O8/c12-4-6(1-7(14)15)11(2-8(16)17,3-9(18)19)13-5-10(20)21/h6,13H,1-5,12H2,(H,14,15)(H,16,17)(H,18,19)(H,20,21). The van der Waals surface area contributed by atoms with Crippen molar-refractivity contribution in [3.8, 4) is 0 Å². The molecule has 10 heteroatoms. The van der Waals surface area contributed by atoms with E-state index >= 15 is 0 Å². The van der Waals surface area contributed by atoms with Gasteiger partial charge in [-0.2, -0.15) is 0 Å². The highest BCUT2D eigenvalue weighted by molar-refractivity contribution is 5.75. The number of aliphatic carboxylic acids is 4. The van der Waals surface area contributed by atoms with E-state index in [-0.39, 0.29) is 6.54 Å². The molecule has 0 aliphatic rings. The van der Waals surface area contributed by atoms with Crippen LogP contribution >= 0.6 is 0 Å². The van der Waals surface area contributed by atoms with Crippen molar-refractivity contribution >= 4 is 23.9 Å². The Kier molecular flexibility index (Phi) is 7.31. The summed E-state index contributed by atoms with van der Waals surface area (Å²) >= 11 is 0. The summed E-state index contributed by atoms with van der Waals surface area (Å²) in [6.45, 7) is -1.02. The van der Waals surface area contributed by atoms with E-state index in [2.05, 4.69) is 5.32 Å². The summed E-state index contributed by atoms with van der Waals surface area (Å²) < 4.78 is 0. The van der Waals surface area contributed by atoms with Crippen LogP contribution in [0.5, 0.6) is 0 Å². The molecule has 0 rings (SSSR count). The van der Waals surface area contributed by atoms with Gasteiger partial charge in [-0.15, -0.1) is 0 Å². The molecule has 0 saturated carbocycles. The first-order valence-corrected chi connectivity index (χ1v) is 5.95. The first kappa shape index (κ1) is 18.8. The first-order chi connectivity index (χ1) is 9.62. The molecule has 0 aromatic carbocycles. The van der Waals surface area contributed by atoms with Crippen LogP contribution in [0, 0.1) is 5.92 Å². The lowest BCUT2D eigenvalue weighted by molar-refractivity contribution is -0.147. The van der Waals surface area contributed by atoms with Gasteiger partial charge in [-0.05, 0) is 6.54 Å². The largest absolute Gasteiger partial charge is 0.481 e. The van der Waals surface area contributed by atoms with Gasteiger partial charge in [0.05, 0.1) is 25.8 Å². The monoisotopic (exact) mass is 306 g/mol. The van der Waals surface area contributed by atoms with E-state index in [1.54, 1.807) is 0 Å². The second-order valence-electron chi connectivity index (χ2n) is 4.57. The fourth-order valence-electron chi connectivity index (χ4n) is 2.13. The van der Waals surface area contributed by atoms with E-state index < -0.39 is 61.1 Å². The van der Waals surface area contributed by atoms with Crippen molar-refractivity contribution in [3.63, 3.8) is 0 Å². The molecule has 0 aromatic heterocycles. The van der Waals surface area contributed by atoms with Gasteiger partial charge in [-0.25, -0.2) is 0 Å². The van der Waals surface area contributed by atoms with Crippen LogP contribution in [0.4, 0.5) is 0 Å². The minimum atomic E-state index is -1.76. The average molecular weight is 306 g/mol. The Balaban J connectivity index is 5.57. The van der Waals surface area contributed by atoms with Gasteiger partial charge in [0.15, 0.2) is 0 Å². The number of carboxylic acids is 4. The Labute approximate surface area is 119 Å². The molecule has 120 valence electrons.